The molecule has 1 aliphatic rings. The maximum absolute atomic E-state index is 12.0. The molecule has 0 bridgehead atoms. The van der Waals surface area contributed by atoms with Crippen LogP contribution in [0.4, 0.5) is 0 Å². The normalized spacial score (nSPS) is 23.7. The van der Waals surface area contributed by atoms with Crippen molar-refractivity contribution in [2.45, 2.75) is 38.3 Å². The molecule has 0 radical (unpaired) electrons. The smallest absolute Gasteiger partial charge is 0.223 e. The molecule has 3 N–H and O–H groups in total. The van der Waals surface area contributed by atoms with E-state index in [2.05, 4.69) is 21.2 Å². The van der Waals surface area contributed by atoms with E-state index in [0.717, 1.165) is 35.7 Å². The Bertz CT molecular complexity index is 422. The summed E-state index contributed by atoms with van der Waals surface area (Å²) in [5, 5.41) is 3.01. The van der Waals surface area contributed by atoms with Gasteiger partial charge in [-0.1, -0.05) is 40.5 Å². The zero-order valence-corrected chi connectivity index (χ0v) is 11.9. The Kier molecular flexibility index (Phi) is 4.78. The van der Waals surface area contributed by atoms with Crippen LogP contribution in [-0.4, -0.2) is 11.9 Å². The molecule has 1 aliphatic carbocycles. The van der Waals surface area contributed by atoms with Gasteiger partial charge in [-0.25, -0.2) is 0 Å². The average molecular weight is 311 g/mol. The maximum Gasteiger partial charge on any atom is 0.223 e. The van der Waals surface area contributed by atoms with Gasteiger partial charge in [0.1, 0.15) is 0 Å². The molecule has 98 valence electrons. The number of hydrogen-bond donors (Lipinski definition) is 2. The van der Waals surface area contributed by atoms with Crippen LogP contribution in [-0.2, 0) is 11.3 Å². The van der Waals surface area contributed by atoms with E-state index in [4.69, 9.17) is 5.73 Å². The molecule has 0 aromatic heterocycles. The first-order chi connectivity index (χ1) is 8.66. The zero-order chi connectivity index (χ0) is 13.0. The van der Waals surface area contributed by atoms with Gasteiger partial charge in [-0.2, -0.15) is 0 Å². The van der Waals surface area contributed by atoms with Crippen molar-refractivity contribution < 1.29 is 4.79 Å². The molecular weight excluding hydrogens is 292 g/mol. The second kappa shape index (κ2) is 6.34. The highest BCUT2D eigenvalue weighted by molar-refractivity contribution is 9.10. The zero-order valence-electron chi connectivity index (χ0n) is 10.4. The van der Waals surface area contributed by atoms with Crippen molar-refractivity contribution in [1.29, 1.82) is 0 Å². The molecule has 1 fully saturated rings. The summed E-state index contributed by atoms with van der Waals surface area (Å²) in [6.07, 6.45) is 3.90. The molecule has 0 aliphatic heterocycles. The van der Waals surface area contributed by atoms with Gasteiger partial charge in [-0.3, -0.25) is 4.79 Å². The fourth-order valence-corrected chi connectivity index (χ4v) is 2.86. The Morgan fingerprint density at radius 1 is 1.39 bits per heavy atom. The number of benzene rings is 1. The lowest BCUT2D eigenvalue weighted by Crippen LogP contribution is -2.37. The fraction of sp³-hybridized carbons (Fsp3) is 0.500. The average Bonchev–Trinajstić information content (AvgIpc) is 2.37. The Balaban J connectivity index is 1.86. The third-order valence-corrected chi connectivity index (χ3v) is 4.27. The summed E-state index contributed by atoms with van der Waals surface area (Å²) in [5.41, 5.74) is 7.01. The second-order valence-corrected chi connectivity index (χ2v) is 5.79. The van der Waals surface area contributed by atoms with Gasteiger partial charge in [0.2, 0.25) is 5.91 Å². The first-order valence-electron chi connectivity index (χ1n) is 6.43. The molecular formula is C14H19BrN2O. The van der Waals surface area contributed by atoms with Gasteiger partial charge < -0.3 is 11.1 Å². The van der Waals surface area contributed by atoms with E-state index in [9.17, 15) is 4.79 Å². The molecule has 1 aromatic rings. The molecule has 1 amide bonds. The van der Waals surface area contributed by atoms with Crippen LogP contribution in [0.15, 0.2) is 28.7 Å². The number of carbonyl (C=O) groups is 1. The lowest BCUT2D eigenvalue weighted by Gasteiger charge is -2.25. The number of halogens is 1. The molecule has 2 unspecified atom stereocenters. The van der Waals surface area contributed by atoms with Gasteiger partial charge in [0, 0.05) is 23.0 Å². The van der Waals surface area contributed by atoms with Crippen LogP contribution in [0.1, 0.15) is 31.2 Å². The van der Waals surface area contributed by atoms with Gasteiger partial charge in [-0.15, -0.1) is 0 Å². The van der Waals surface area contributed by atoms with E-state index in [1.165, 1.54) is 0 Å². The van der Waals surface area contributed by atoms with E-state index in [-0.39, 0.29) is 17.9 Å². The minimum absolute atomic E-state index is 0.0937. The standard InChI is InChI=1S/C14H19BrN2O/c15-13-7-2-1-4-11(13)9-17-14(18)10-5-3-6-12(16)8-10/h1-2,4,7,10,12H,3,5-6,8-9,16H2,(H,17,18). The fourth-order valence-electron chi connectivity index (χ4n) is 2.43. The molecule has 18 heavy (non-hydrogen) atoms. The minimum Gasteiger partial charge on any atom is -0.352 e. The van der Waals surface area contributed by atoms with Crippen molar-refractivity contribution >= 4 is 21.8 Å². The van der Waals surface area contributed by atoms with Crippen molar-refractivity contribution in [3.05, 3.63) is 34.3 Å². The molecule has 0 spiro atoms. The summed E-state index contributed by atoms with van der Waals surface area (Å²) in [6, 6.07) is 8.13. The summed E-state index contributed by atoms with van der Waals surface area (Å²) in [4.78, 5) is 12.0. The molecule has 1 saturated carbocycles. The summed E-state index contributed by atoms with van der Waals surface area (Å²) in [5.74, 6) is 0.233. The van der Waals surface area contributed by atoms with E-state index in [0.29, 0.717) is 6.54 Å². The number of amides is 1. The predicted molar refractivity (Wildman–Crippen MR) is 75.9 cm³/mol. The van der Waals surface area contributed by atoms with Crippen LogP contribution in [0.3, 0.4) is 0 Å². The van der Waals surface area contributed by atoms with Crippen LogP contribution in [0.2, 0.25) is 0 Å². The van der Waals surface area contributed by atoms with Crippen molar-refractivity contribution in [2.75, 3.05) is 0 Å². The summed E-state index contributed by atoms with van der Waals surface area (Å²) >= 11 is 3.48. The van der Waals surface area contributed by atoms with Crippen LogP contribution in [0, 0.1) is 5.92 Å². The molecule has 4 heteroatoms. The number of nitrogens with two attached hydrogens (primary N) is 1. The van der Waals surface area contributed by atoms with Crippen molar-refractivity contribution in [1.82, 2.24) is 5.32 Å². The van der Waals surface area contributed by atoms with Crippen LogP contribution >= 0.6 is 15.9 Å². The molecule has 2 atom stereocenters. The van der Waals surface area contributed by atoms with Crippen molar-refractivity contribution in [3.8, 4) is 0 Å². The van der Waals surface area contributed by atoms with E-state index < -0.39 is 0 Å². The molecule has 1 aromatic carbocycles. The first-order valence-corrected chi connectivity index (χ1v) is 7.23. The number of nitrogens with one attached hydrogen (secondary N) is 1. The van der Waals surface area contributed by atoms with E-state index in [1.807, 2.05) is 24.3 Å². The van der Waals surface area contributed by atoms with Gasteiger partial charge >= 0.3 is 0 Å². The molecule has 3 nitrogen and oxygen atoms in total. The molecule has 0 heterocycles. The molecule has 0 saturated heterocycles. The largest absolute Gasteiger partial charge is 0.352 e. The Labute approximate surface area is 116 Å². The van der Waals surface area contributed by atoms with Crippen molar-refractivity contribution in [3.63, 3.8) is 0 Å². The summed E-state index contributed by atoms with van der Waals surface area (Å²) < 4.78 is 1.03. The number of hydrogen-bond acceptors (Lipinski definition) is 2. The number of rotatable bonds is 3. The Hall–Kier alpha value is -0.870. The van der Waals surface area contributed by atoms with E-state index >= 15 is 0 Å². The van der Waals surface area contributed by atoms with Crippen LogP contribution in [0.25, 0.3) is 0 Å². The van der Waals surface area contributed by atoms with Crippen LogP contribution < -0.4 is 11.1 Å². The Morgan fingerprint density at radius 2 is 2.17 bits per heavy atom. The topological polar surface area (TPSA) is 55.1 Å². The van der Waals surface area contributed by atoms with Crippen LogP contribution in [0.5, 0.6) is 0 Å². The predicted octanol–water partition coefficient (Wildman–Crippen LogP) is 2.58. The molecule has 2 rings (SSSR count). The lowest BCUT2D eigenvalue weighted by atomic mass is 9.85. The second-order valence-electron chi connectivity index (χ2n) is 4.93. The third-order valence-electron chi connectivity index (χ3n) is 3.50. The van der Waals surface area contributed by atoms with Crippen molar-refractivity contribution in [2.24, 2.45) is 11.7 Å². The van der Waals surface area contributed by atoms with Gasteiger partial charge in [0.05, 0.1) is 0 Å². The van der Waals surface area contributed by atoms with E-state index in [1.54, 1.807) is 0 Å². The highest BCUT2D eigenvalue weighted by Crippen LogP contribution is 2.23. The Morgan fingerprint density at radius 3 is 2.89 bits per heavy atom. The summed E-state index contributed by atoms with van der Waals surface area (Å²) in [7, 11) is 0. The third kappa shape index (κ3) is 3.56. The minimum atomic E-state index is 0.0937. The quantitative estimate of drug-likeness (QED) is 0.901. The maximum atomic E-state index is 12.0. The highest BCUT2D eigenvalue weighted by atomic mass is 79.9. The summed E-state index contributed by atoms with van der Waals surface area (Å²) in [6.45, 7) is 0.575. The lowest BCUT2D eigenvalue weighted by molar-refractivity contribution is -0.126. The SMILES string of the molecule is NC1CCCC(C(=O)NCc2ccccc2Br)C1. The highest BCUT2D eigenvalue weighted by Gasteiger charge is 2.24. The first kappa shape index (κ1) is 13.6. The number of carbonyl (C=O) groups excluding carboxylic acids is 1. The van der Waals surface area contributed by atoms with Gasteiger partial charge in [0.25, 0.3) is 0 Å². The van der Waals surface area contributed by atoms with Gasteiger partial charge in [0.15, 0.2) is 0 Å². The monoisotopic (exact) mass is 310 g/mol. The van der Waals surface area contributed by atoms with Gasteiger partial charge in [-0.05, 0) is 30.9 Å².